The fraction of sp³-hybridized carbons (Fsp3) is 0.444. The number of nitrogens with zero attached hydrogens (tertiary/aromatic N) is 2. The average molecular weight is 257 g/mol. The summed E-state index contributed by atoms with van der Waals surface area (Å²) in [6.07, 6.45) is -0.767. The number of β-amino-alcohol motifs (C(OH)–C–C–N with tert-alkyl or cyclic N) is 1. The van der Waals surface area contributed by atoms with Gasteiger partial charge in [0.25, 0.3) is 5.91 Å². The SMILES string of the molecule is Nc1nc(C(=O)N2C[C@H](O)C[C@@H]2C(=O)O)cs1. The largest absolute Gasteiger partial charge is 0.480 e. The number of carbonyl (C=O) groups is 2. The molecular formula is C9H11N3O4S. The zero-order valence-electron chi connectivity index (χ0n) is 8.74. The molecule has 1 fully saturated rings. The van der Waals surface area contributed by atoms with E-state index in [1.807, 2.05) is 0 Å². The van der Waals surface area contributed by atoms with Crippen molar-refractivity contribution in [3.05, 3.63) is 11.1 Å². The fourth-order valence-electron chi connectivity index (χ4n) is 1.81. The lowest BCUT2D eigenvalue weighted by molar-refractivity contribution is -0.141. The van der Waals surface area contributed by atoms with Gasteiger partial charge in [0, 0.05) is 18.3 Å². The number of carboxylic acids is 1. The van der Waals surface area contributed by atoms with Gasteiger partial charge in [0.05, 0.1) is 6.10 Å². The number of amides is 1. The van der Waals surface area contributed by atoms with Gasteiger partial charge in [0.1, 0.15) is 11.7 Å². The monoisotopic (exact) mass is 257 g/mol. The summed E-state index contributed by atoms with van der Waals surface area (Å²) in [7, 11) is 0. The first-order valence-corrected chi connectivity index (χ1v) is 5.80. The van der Waals surface area contributed by atoms with Crippen LogP contribution in [0.5, 0.6) is 0 Å². The van der Waals surface area contributed by atoms with Crippen LogP contribution in [-0.2, 0) is 4.79 Å². The number of rotatable bonds is 2. The molecule has 1 saturated heterocycles. The number of aliphatic hydroxyl groups excluding tert-OH is 1. The maximum atomic E-state index is 12.0. The number of anilines is 1. The molecule has 1 aliphatic rings. The topological polar surface area (TPSA) is 117 Å². The first kappa shape index (κ1) is 11.8. The van der Waals surface area contributed by atoms with Crippen molar-refractivity contribution in [1.29, 1.82) is 0 Å². The van der Waals surface area contributed by atoms with Crippen LogP contribution in [0.3, 0.4) is 0 Å². The number of nitrogens with two attached hydrogens (primary N) is 1. The Kier molecular flexibility index (Phi) is 2.99. The van der Waals surface area contributed by atoms with Crippen molar-refractivity contribution in [2.75, 3.05) is 12.3 Å². The number of aliphatic hydroxyl groups is 1. The molecule has 2 heterocycles. The summed E-state index contributed by atoms with van der Waals surface area (Å²) in [6.45, 7) is 0.00717. The van der Waals surface area contributed by atoms with Gasteiger partial charge < -0.3 is 20.8 Å². The number of hydrogen-bond acceptors (Lipinski definition) is 6. The third kappa shape index (κ3) is 2.22. The van der Waals surface area contributed by atoms with Gasteiger partial charge in [-0.25, -0.2) is 9.78 Å². The predicted molar refractivity (Wildman–Crippen MR) is 59.6 cm³/mol. The van der Waals surface area contributed by atoms with E-state index in [2.05, 4.69) is 4.98 Å². The van der Waals surface area contributed by atoms with Crippen molar-refractivity contribution in [2.45, 2.75) is 18.6 Å². The van der Waals surface area contributed by atoms with Crippen LogP contribution in [0.1, 0.15) is 16.9 Å². The number of likely N-dealkylation sites (tertiary alicyclic amines) is 1. The highest BCUT2D eigenvalue weighted by Crippen LogP contribution is 2.22. The first-order chi connectivity index (χ1) is 7.99. The number of hydrogen-bond donors (Lipinski definition) is 3. The zero-order valence-corrected chi connectivity index (χ0v) is 9.55. The smallest absolute Gasteiger partial charge is 0.326 e. The maximum absolute atomic E-state index is 12.0. The molecule has 2 rings (SSSR count). The van der Waals surface area contributed by atoms with Crippen LogP contribution in [-0.4, -0.2) is 50.7 Å². The summed E-state index contributed by atoms with van der Waals surface area (Å²) in [5.41, 5.74) is 5.53. The lowest BCUT2D eigenvalue weighted by atomic mass is 10.2. The second-order valence-electron chi connectivity index (χ2n) is 3.77. The van der Waals surface area contributed by atoms with Crippen molar-refractivity contribution in [2.24, 2.45) is 0 Å². The number of aliphatic carboxylic acids is 1. The van der Waals surface area contributed by atoms with E-state index in [1.165, 1.54) is 5.38 Å². The van der Waals surface area contributed by atoms with Crippen molar-refractivity contribution in [3.63, 3.8) is 0 Å². The van der Waals surface area contributed by atoms with Gasteiger partial charge >= 0.3 is 5.97 Å². The van der Waals surface area contributed by atoms with Crippen molar-refractivity contribution in [1.82, 2.24) is 9.88 Å². The highest BCUT2D eigenvalue weighted by atomic mass is 32.1. The number of nitrogen functional groups attached to an aromatic ring is 1. The van der Waals surface area contributed by atoms with Crippen LogP contribution >= 0.6 is 11.3 Å². The van der Waals surface area contributed by atoms with Crippen molar-refractivity contribution < 1.29 is 19.8 Å². The van der Waals surface area contributed by atoms with Gasteiger partial charge in [-0.15, -0.1) is 11.3 Å². The molecule has 0 unspecified atom stereocenters. The molecule has 1 aromatic heterocycles. The second kappa shape index (κ2) is 4.30. The lowest BCUT2D eigenvalue weighted by Crippen LogP contribution is -2.40. The fourth-order valence-corrected chi connectivity index (χ4v) is 2.34. The van der Waals surface area contributed by atoms with Crippen LogP contribution in [0.15, 0.2) is 5.38 Å². The van der Waals surface area contributed by atoms with Gasteiger partial charge in [-0.2, -0.15) is 0 Å². The summed E-state index contributed by atoms with van der Waals surface area (Å²) in [4.78, 5) is 27.8. The second-order valence-corrected chi connectivity index (χ2v) is 4.66. The van der Waals surface area contributed by atoms with Crippen LogP contribution in [0, 0.1) is 0 Å². The molecule has 2 atom stereocenters. The summed E-state index contributed by atoms with van der Waals surface area (Å²) in [5, 5.41) is 20.1. The van der Waals surface area contributed by atoms with E-state index in [9.17, 15) is 14.7 Å². The number of carboxylic acid groups (broad SMARTS) is 1. The van der Waals surface area contributed by atoms with Gasteiger partial charge in [-0.3, -0.25) is 4.79 Å². The molecule has 7 nitrogen and oxygen atoms in total. The van der Waals surface area contributed by atoms with Crippen LogP contribution in [0.25, 0.3) is 0 Å². The van der Waals surface area contributed by atoms with Gasteiger partial charge in [0.2, 0.25) is 0 Å². The summed E-state index contributed by atoms with van der Waals surface area (Å²) < 4.78 is 0. The van der Waals surface area contributed by atoms with E-state index < -0.39 is 24.0 Å². The lowest BCUT2D eigenvalue weighted by Gasteiger charge is -2.19. The molecule has 0 saturated carbocycles. The molecular weight excluding hydrogens is 246 g/mol. The molecule has 0 aliphatic carbocycles. The minimum absolute atomic E-state index is 0.00717. The quantitative estimate of drug-likeness (QED) is 0.650. The molecule has 8 heteroatoms. The van der Waals surface area contributed by atoms with Crippen LogP contribution in [0.4, 0.5) is 5.13 Å². The van der Waals surface area contributed by atoms with Crippen LogP contribution in [0.2, 0.25) is 0 Å². The Morgan fingerprint density at radius 1 is 1.59 bits per heavy atom. The van der Waals surface area contributed by atoms with Gasteiger partial charge in [-0.1, -0.05) is 0 Å². The standard InChI is InChI=1S/C9H11N3O4S/c10-9-11-5(3-17-9)7(14)12-2-4(13)1-6(12)8(15)16/h3-4,6,13H,1-2H2,(H2,10,11)(H,15,16)/t4-,6-/m1/s1. The molecule has 0 spiro atoms. The first-order valence-electron chi connectivity index (χ1n) is 4.92. The minimum atomic E-state index is -1.13. The highest BCUT2D eigenvalue weighted by Gasteiger charge is 2.39. The number of thiazole rings is 1. The molecule has 92 valence electrons. The Hall–Kier alpha value is -1.67. The van der Waals surface area contributed by atoms with Crippen LogP contribution < -0.4 is 5.73 Å². The highest BCUT2D eigenvalue weighted by molar-refractivity contribution is 7.13. The Labute approximate surface area is 100 Å². The normalized spacial score (nSPS) is 23.9. The molecule has 1 amide bonds. The molecule has 0 bridgehead atoms. The predicted octanol–water partition coefficient (Wildman–Crippen LogP) is -0.615. The third-order valence-corrected chi connectivity index (χ3v) is 3.24. The molecule has 1 aromatic rings. The van der Waals surface area contributed by atoms with E-state index >= 15 is 0 Å². The molecule has 0 radical (unpaired) electrons. The van der Waals surface area contributed by atoms with Crippen molar-refractivity contribution >= 4 is 28.3 Å². The Morgan fingerprint density at radius 2 is 2.29 bits per heavy atom. The molecule has 1 aliphatic heterocycles. The maximum Gasteiger partial charge on any atom is 0.326 e. The Bertz CT molecular complexity index is 461. The van der Waals surface area contributed by atoms with Crippen molar-refractivity contribution in [3.8, 4) is 0 Å². The van der Waals surface area contributed by atoms with Gasteiger partial charge in [0.15, 0.2) is 5.13 Å². The Balaban J connectivity index is 2.21. The average Bonchev–Trinajstić information content (AvgIpc) is 2.83. The van der Waals surface area contributed by atoms with E-state index in [1.54, 1.807) is 0 Å². The molecule has 17 heavy (non-hydrogen) atoms. The molecule has 4 N–H and O–H groups in total. The van der Waals surface area contributed by atoms with E-state index in [0.29, 0.717) is 0 Å². The minimum Gasteiger partial charge on any atom is -0.480 e. The number of carbonyl (C=O) groups excluding carboxylic acids is 1. The van der Waals surface area contributed by atoms with E-state index in [0.717, 1.165) is 16.2 Å². The zero-order chi connectivity index (χ0) is 12.6. The number of aromatic nitrogens is 1. The third-order valence-electron chi connectivity index (χ3n) is 2.57. The van der Waals surface area contributed by atoms with Gasteiger partial charge in [-0.05, 0) is 0 Å². The summed E-state index contributed by atoms with van der Waals surface area (Å²) in [5.74, 6) is -1.64. The summed E-state index contributed by atoms with van der Waals surface area (Å²) in [6, 6.07) is -1.000. The van der Waals surface area contributed by atoms with E-state index in [4.69, 9.17) is 10.8 Å². The van der Waals surface area contributed by atoms with E-state index in [-0.39, 0.29) is 23.8 Å². The Morgan fingerprint density at radius 3 is 2.82 bits per heavy atom. The summed E-state index contributed by atoms with van der Waals surface area (Å²) >= 11 is 1.11. The molecule has 0 aromatic carbocycles.